The van der Waals surface area contributed by atoms with Crippen LogP contribution in [0.1, 0.15) is 43.0 Å². The zero-order valence-corrected chi connectivity index (χ0v) is 13.0. The largest absolute Gasteiger partial charge is 0.261 e. The standard InChI is InChI=1S/C15H20N4S/c1-9-6-4-5-7-12(9)18-19-14-13-10(2)11(3)20-15(13)17-8-16-14/h8-9H,4-7H2,1-3H3,(H,16,17,19)/t9-/m0/s1. The van der Waals surface area contributed by atoms with Gasteiger partial charge in [-0.15, -0.1) is 11.3 Å². The molecule has 106 valence electrons. The summed E-state index contributed by atoms with van der Waals surface area (Å²) in [6.45, 7) is 6.51. The second-order valence-corrected chi connectivity index (χ2v) is 6.75. The Morgan fingerprint density at radius 2 is 2.15 bits per heavy atom. The molecule has 0 saturated heterocycles. The van der Waals surface area contributed by atoms with E-state index < -0.39 is 0 Å². The van der Waals surface area contributed by atoms with Crippen molar-refractivity contribution in [2.24, 2.45) is 11.0 Å². The van der Waals surface area contributed by atoms with E-state index in [9.17, 15) is 0 Å². The van der Waals surface area contributed by atoms with E-state index in [1.54, 1.807) is 17.7 Å². The molecule has 1 N–H and O–H groups in total. The van der Waals surface area contributed by atoms with Crippen LogP contribution in [0.4, 0.5) is 5.82 Å². The van der Waals surface area contributed by atoms with Crippen molar-refractivity contribution in [2.75, 3.05) is 5.43 Å². The third-order valence-corrected chi connectivity index (χ3v) is 5.27. The lowest BCUT2D eigenvalue weighted by Gasteiger charge is -2.20. The first-order valence-corrected chi connectivity index (χ1v) is 8.01. The van der Waals surface area contributed by atoms with Crippen LogP contribution in [0, 0.1) is 19.8 Å². The molecule has 0 amide bonds. The van der Waals surface area contributed by atoms with Gasteiger partial charge in [0, 0.05) is 10.6 Å². The van der Waals surface area contributed by atoms with Gasteiger partial charge < -0.3 is 0 Å². The Hall–Kier alpha value is -1.49. The molecule has 20 heavy (non-hydrogen) atoms. The lowest BCUT2D eigenvalue weighted by Crippen LogP contribution is -2.17. The maximum absolute atomic E-state index is 4.62. The van der Waals surface area contributed by atoms with Crippen molar-refractivity contribution in [1.82, 2.24) is 9.97 Å². The third-order valence-electron chi connectivity index (χ3n) is 4.16. The van der Waals surface area contributed by atoms with Gasteiger partial charge in [-0.2, -0.15) is 5.10 Å². The van der Waals surface area contributed by atoms with Crippen LogP contribution in [0.3, 0.4) is 0 Å². The van der Waals surface area contributed by atoms with Crippen LogP contribution >= 0.6 is 11.3 Å². The number of hydrogen-bond donors (Lipinski definition) is 1. The van der Waals surface area contributed by atoms with Crippen LogP contribution in [0.2, 0.25) is 0 Å². The van der Waals surface area contributed by atoms with Crippen molar-refractivity contribution >= 4 is 33.1 Å². The molecule has 1 fully saturated rings. The smallest absolute Gasteiger partial charge is 0.158 e. The highest BCUT2D eigenvalue weighted by Crippen LogP contribution is 2.32. The van der Waals surface area contributed by atoms with Crippen molar-refractivity contribution in [3.05, 3.63) is 16.8 Å². The maximum Gasteiger partial charge on any atom is 0.158 e. The van der Waals surface area contributed by atoms with Gasteiger partial charge in [0.1, 0.15) is 11.2 Å². The van der Waals surface area contributed by atoms with Gasteiger partial charge in [0.05, 0.1) is 5.39 Å². The number of aromatic nitrogens is 2. The molecule has 1 aliphatic rings. The molecule has 0 bridgehead atoms. The Labute approximate surface area is 123 Å². The summed E-state index contributed by atoms with van der Waals surface area (Å²) >= 11 is 1.72. The zero-order chi connectivity index (χ0) is 14.1. The van der Waals surface area contributed by atoms with E-state index in [0.717, 1.165) is 22.5 Å². The lowest BCUT2D eigenvalue weighted by atomic mass is 9.89. The van der Waals surface area contributed by atoms with E-state index in [-0.39, 0.29) is 0 Å². The number of fused-ring (bicyclic) bond motifs is 1. The summed E-state index contributed by atoms with van der Waals surface area (Å²) in [4.78, 5) is 11.1. The normalized spacial score (nSPS) is 21.6. The molecular formula is C15H20N4S. The summed E-state index contributed by atoms with van der Waals surface area (Å²) in [5, 5.41) is 5.73. The van der Waals surface area contributed by atoms with E-state index in [2.05, 4.69) is 41.3 Å². The van der Waals surface area contributed by atoms with Crippen LogP contribution in [0.25, 0.3) is 10.2 Å². The summed E-state index contributed by atoms with van der Waals surface area (Å²) in [6, 6.07) is 0. The van der Waals surface area contributed by atoms with Crippen LogP contribution < -0.4 is 5.43 Å². The number of nitrogens with zero attached hydrogens (tertiary/aromatic N) is 3. The fourth-order valence-electron chi connectivity index (χ4n) is 2.73. The molecule has 1 aliphatic carbocycles. The van der Waals surface area contributed by atoms with Crippen LogP contribution in [-0.4, -0.2) is 15.7 Å². The summed E-state index contributed by atoms with van der Waals surface area (Å²) in [5.74, 6) is 1.42. The number of thiophene rings is 1. The van der Waals surface area contributed by atoms with E-state index >= 15 is 0 Å². The minimum absolute atomic E-state index is 0.582. The SMILES string of the molecule is Cc1sc2ncnc(NN=C3CCCC[C@@H]3C)c2c1C. The number of rotatable bonds is 2. The Bertz CT molecular complexity index is 659. The monoisotopic (exact) mass is 288 g/mol. The Morgan fingerprint density at radius 3 is 2.95 bits per heavy atom. The molecular weight excluding hydrogens is 268 g/mol. The molecule has 2 aromatic rings. The average Bonchev–Trinajstić information content (AvgIpc) is 2.74. The topological polar surface area (TPSA) is 50.2 Å². The second kappa shape index (κ2) is 5.48. The number of hydrazone groups is 1. The van der Waals surface area contributed by atoms with Gasteiger partial charge in [0.25, 0.3) is 0 Å². The highest BCUT2D eigenvalue weighted by atomic mass is 32.1. The van der Waals surface area contributed by atoms with Crippen LogP contribution in [0.15, 0.2) is 11.4 Å². The van der Waals surface area contributed by atoms with Crippen molar-refractivity contribution in [3.8, 4) is 0 Å². The Morgan fingerprint density at radius 1 is 1.30 bits per heavy atom. The van der Waals surface area contributed by atoms with Crippen LogP contribution in [0.5, 0.6) is 0 Å². The highest BCUT2D eigenvalue weighted by molar-refractivity contribution is 7.18. The molecule has 0 unspecified atom stereocenters. The van der Waals surface area contributed by atoms with E-state index in [4.69, 9.17) is 0 Å². The predicted molar refractivity (Wildman–Crippen MR) is 85.6 cm³/mol. The van der Waals surface area contributed by atoms with Gasteiger partial charge in [0.15, 0.2) is 5.82 Å². The molecule has 0 aliphatic heterocycles. The molecule has 2 aromatic heterocycles. The first kappa shape index (κ1) is 13.5. The first-order valence-electron chi connectivity index (χ1n) is 7.20. The van der Waals surface area contributed by atoms with Crippen molar-refractivity contribution in [3.63, 3.8) is 0 Å². The van der Waals surface area contributed by atoms with Gasteiger partial charge in [-0.3, -0.25) is 5.43 Å². The molecule has 5 heteroatoms. The molecule has 1 saturated carbocycles. The van der Waals surface area contributed by atoms with Gasteiger partial charge >= 0.3 is 0 Å². The fraction of sp³-hybridized carbons (Fsp3) is 0.533. The number of aryl methyl sites for hydroxylation is 2. The molecule has 3 rings (SSSR count). The van der Waals surface area contributed by atoms with Gasteiger partial charge in [-0.05, 0) is 44.6 Å². The first-order chi connectivity index (χ1) is 9.66. The number of hydrogen-bond acceptors (Lipinski definition) is 5. The number of anilines is 1. The molecule has 1 atom stereocenters. The summed E-state index contributed by atoms with van der Waals surface area (Å²) in [6.07, 6.45) is 6.53. The van der Waals surface area contributed by atoms with Crippen molar-refractivity contribution < 1.29 is 0 Å². The highest BCUT2D eigenvalue weighted by Gasteiger charge is 2.16. The summed E-state index contributed by atoms with van der Waals surface area (Å²) in [5.41, 5.74) is 5.71. The molecule has 0 radical (unpaired) electrons. The third kappa shape index (κ3) is 2.42. The predicted octanol–water partition coefficient (Wildman–Crippen LogP) is 4.29. The fourth-order valence-corrected chi connectivity index (χ4v) is 3.72. The van der Waals surface area contributed by atoms with E-state index in [1.165, 1.54) is 35.4 Å². The molecule has 0 aromatic carbocycles. The van der Waals surface area contributed by atoms with Gasteiger partial charge in [-0.25, -0.2) is 9.97 Å². The summed E-state index contributed by atoms with van der Waals surface area (Å²) in [7, 11) is 0. The molecule has 2 heterocycles. The van der Waals surface area contributed by atoms with E-state index in [1.807, 2.05) is 0 Å². The second-order valence-electron chi connectivity index (χ2n) is 5.55. The average molecular weight is 288 g/mol. The van der Waals surface area contributed by atoms with Gasteiger partial charge in [0.2, 0.25) is 0 Å². The molecule has 4 nitrogen and oxygen atoms in total. The minimum atomic E-state index is 0.582. The maximum atomic E-state index is 4.62. The van der Waals surface area contributed by atoms with Crippen molar-refractivity contribution in [1.29, 1.82) is 0 Å². The molecule has 0 spiro atoms. The quantitative estimate of drug-likeness (QED) is 0.839. The van der Waals surface area contributed by atoms with Crippen molar-refractivity contribution in [2.45, 2.75) is 46.5 Å². The van der Waals surface area contributed by atoms with Gasteiger partial charge in [-0.1, -0.05) is 13.3 Å². The number of nitrogens with one attached hydrogen (secondary N) is 1. The van der Waals surface area contributed by atoms with Crippen LogP contribution in [-0.2, 0) is 0 Å². The van der Waals surface area contributed by atoms with E-state index in [0.29, 0.717) is 5.92 Å². The summed E-state index contributed by atoms with van der Waals surface area (Å²) < 4.78 is 0. The Kier molecular flexibility index (Phi) is 3.70. The minimum Gasteiger partial charge on any atom is -0.261 e. The zero-order valence-electron chi connectivity index (χ0n) is 12.2. The lowest BCUT2D eigenvalue weighted by molar-refractivity contribution is 0.558. The Balaban J connectivity index is 1.93.